The van der Waals surface area contributed by atoms with Gasteiger partial charge in [-0.15, -0.1) is 11.3 Å². The topological polar surface area (TPSA) is 97.4 Å². The number of carbonyl (C=O) groups excluding carboxylic acids is 3. The van der Waals surface area contributed by atoms with Gasteiger partial charge >= 0.3 is 5.97 Å². The zero-order valence-electron chi connectivity index (χ0n) is 19.0. The van der Waals surface area contributed by atoms with Crippen LogP contribution in [0.3, 0.4) is 0 Å². The maximum absolute atomic E-state index is 13.5. The van der Waals surface area contributed by atoms with Crippen LogP contribution >= 0.6 is 11.3 Å². The molecule has 2 heterocycles. The molecule has 2 amide bonds. The number of amides is 2. The van der Waals surface area contributed by atoms with E-state index < -0.39 is 11.9 Å². The van der Waals surface area contributed by atoms with Gasteiger partial charge in [-0.2, -0.15) is 0 Å². The molecule has 4 rings (SSSR count). The van der Waals surface area contributed by atoms with Crippen LogP contribution < -0.4 is 10.6 Å². The summed E-state index contributed by atoms with van der Waals surface area (Å²) in [5.74, 6) is -1.34. The first-order valence-corrected chi connectivity index (χ1v) is 11.5. The third-order valence-corrected chi connectivity index (χ3v) is 6.52. The lowest BCUT2D eigenvalue weighted by atomic mass is 10.0. The molecule has 0 bridgehead atoms. The van der Waals surface area contributed by atoms with Crippen molar-refractivity contribution < 1.29 is 19.1 Å². The molecule has 0 fully saturated rings. The lowest BCUT2D eigenvalue weighted by Crippen LogP contribution is -2.18. The Bertz CT molecular complexity index is 1400. The van der Waals surface area contributed by atoms with Crippen LogP contribution in [0.4, 0.5) is 5.00 Å². The van der Waals surface area contributed by atoms with Gasteiger partial charge in [0.05, 0.1) is 33.8 Å². The van der Waals surface area contributed by atoms with Crippen molar-refractivity contribution in [1.29, 1.82) is 0 Å². The lowest BCUT2D eigenvalue weighted by Gasteiger charge is -2.11. The molecule has 0 aliphatic rings. The van der Waals surface area contributed by atoms with E-state index in [0.29, 0.717) is 32.6 Å². The normalized spacial score (nSPS) is 10.7. The molecular formula is C26H23N3O4S. The number of esters is 1. The minimum absolute atomic E-state index is 0.173. The molecule has 7 nitrogen and oxygen atoms in total. The molecule has 2 aromatic heterocycles. The van der Waals surface area contributed by atoms with E-state index in [2.05, 4.69) is 10.6 Å². The van der Waals surface area contributed by atoms with E-state index in [9.17, 15) is 14.4 Å². The molecule has 0 atom stereocenters. The van der Waals surface area contributed by atoms with Crippen molar-refractivity contribution in [3.8, 4) is 11.3 Å². The Balaban J connectivity index is 1.81. The second-order valence-electron chi connectivity index (χ2n) is 7.45. The van der Waals surface area contributed by atoms with Crippen molar-refractivity contribution in [3.05, 3.63) is 82.2 Å². The standard InChI is InChI=1S/C26H23N3O4S/c1-4-33-26(32)21-15(2)22(24(31)27-3)34-25(21)29-23(30)18-14-20(16-10-6-5-7-11-16)28-19-13-9-8-12-17(18)19/h5-14H,4H2,1-3H3,(H,27,31)(H,29,30). The molecule has 0 spiro atoms. The molecule has 0 saturated heterocycles. The zero-order valence-corrected chi connectivity index (χ0v) is 19.8. The van der Waals surface area contributed by atoms with Gasteiger partial charge in [-0.1, -0.05) is 48.5 Å². The monoisotopic (exact) mass is 473 g/mol. The second-order valence-corrected chi connectivity index (χ2v) is 8.47. The first-order chi connectivity index (χ1) is 16.4. The Kier molecular flexibility index (Phi) is 6.70. The van der Waals surface area contributed by atoms with Gasteiger partial charge < -0.3 is 15.4 Å². The summed E-state index contributed by atoms with van der Waals surface area (Å²) < 4.78 is 5.19. The summed E-state index contributed by atoms with van der Waals surface area (Å²) >= 11 is 1.04. The maximum Gasteiger partial charge on any atom is 0.341 e. The van der Waals surface area contributed by atoms with Crippen molar-refractivity contribution in [2.24, 2.45) is 0 Å². The molecule has 8 heteroatoms. The number of hydrogen-bond donors (Lipinski definition) is 2. The fourth-order valence-electron chi connectivity index (χ4n) is 3.67. The maximum atomic E-state index is 13.5. The first-order valence-electron chi connectivity index (χ1n) is 10.7. The molecule has 0 saturated carbocycles. The Labute approximate surface area is 200 Å². The molecule has 0 radical (unpaired) electrons. The Morgan fingerprint density at radius 3 is 2.41 bits per heavy atom. The number of ether oxygens (including phenoxy) is 1. The van der Waals surface area contributed by atoms with Crippen LogP contribution in [0.1, 0.15) is 42.9 Å². The second kappa shape index (κ2) is 9.84. The van der Waals surface area contributed by atoms with Crippen LogP contribution in [0.15, 0.2) is 60.7 Å². The SMILES string of the molecule is CCOC(=O)c1c(NC(=O)c2cc(-c3ccccc3)nc3ccccc23)sc(C(=O)NC)c1C. The summed E-state index contributed by atoms with van der Waals surface area (Å²) in [6.45, 7) is 3.54. The summed E-state index contributed by atoms with van der Waals surface area (Å²) in [6.07, 6.45) is 0. The van der Waals surface area contributed by atoms with Crippen molar-refractivity contribution in [1.82, 2.24) is 10.3 Å². The fourth-order valence-corrected chi connectivity index (χ4v) is 4.81. The Hall–Kier alpha value is -4.04. The van der Waals surface area contributed by atoms with E-state index in [1.54, 1.807) is 19.9 Å². The van der Waals surface area contributed by atoms with E-state index >= 15 is 0 Å². The highest BCUT2D eigenvalue weighted by molar-refractivity contribution is 7.18. The van der Waals surface area contributed by atoms with Gasteiger partial charge in [-0.25, -0.2) is 9.78 Å². The molecule has 172 valence electrons. The molecular weight excluding hydrogens is 450 g/mol. The molecule has 0 unspecified atom stereocenters. The van der Waals surface area contributed by atoms with E-state index in [1.807, 2.05) is 54.6 Å². The van der Waals surface area contributed by atoms with Gasteiger partial charge in [0.1, 0.15) is 5.00 Å². The number of aromatic nitrogens is 1. The van der Waals surface area contributed by atoms with Crippen molar-refractivity contribution in [3.63, 3.8) is 0 Å². The minimum atomic E-state index is -0.591. The lowest BCUT2D eigenvalue weighted by molar-refractivity contribution is 0.0527. The fraction of sp³-hybridized carbons (Fsp3) is 0.154. The predicted molar refractivity (Wildman–Crippen MR) is 134 cm³/mol. The zero-order chi connectivity index (χ0) is 24.2. The smallest absolute Gasteiger partial charge is 0.341 e. The number of pyridine rings is 1. The number of nitrogens with one attached hydrogen (secondary N) is 2. The highest BCUT2D eigenvalue weighted by Gasteiger charge is 2.27. The molecule has 0 aliphatic heterocycles. The first kappa shape index (κ1) is 23.1. The van der Waals surface area contributed by atoms with E-state index in [0.717, 1.165) is 16.9 Å². The average Bonchev–Trinajstić information content (AvgIpc) is 3.18. The highest BCUT2D eigenvalue weighted by atomic mass is 32.1. The molecule has 2 N–H and O–H groups in total. The van der Waals surface area contributed by atoms with E-state index in [1.165, 1.54) is 7.05 Å². The number of benzene rings is 2. The van der Waals surface area contributed by atoms with Gasteiger partial charge in [0, 0.05) is 18.0 Å². The molecule has 0 aliphatic carbocycles. The summed E-state index contributed by atoms with van der Waals surface area (Å²) in [4.78, 5) is 43.6. The van der Waals surface area contributed by atoms with Crippen LogP contribution in [0.2, 0.25) is 0 Å². The average molecular weight is 474 g/mol. The summed E-state index contributed by atoms with van der Waals surface area (Å²) in [5.41, 5.74) is 3.26. The number of fused-ring (bicyclic) bond motifs is 1. The number of para-hydroxylation sites is 1. The van der Waals surface area contributed by atoms with E-state index in [4.69, 9.17) is 9.72 Å². The van der Waals surface area contributed by atoms with Gasteiger partial charge in [0.25, 0.3) is 11.8 Å². The number of rotatable bonds is 6. The summed E-state index contributed by atoms with van der Waals surface area (Å²) in [6, 6.07) is 18.7. The molecule has 34 heavy (non-hydrogen) atoms. The quantitative estimate of drug-likeness (QED) is 0.382. The Morgan fingerprint density at radius 1 is 1.00 bits per heavy atom. The Morgan fingerprint density at radius 2 is 1.71 bits per heavy atom. The van der Waals surface area contributed by atoms with Crippen LogP contribution in [-0.4, -0.2) is 36.4 Å². The minimum Gasteiger partial charge on any atom is -0.462 e. The number of thiophene rings is 1. The van der Waals surface area contributed by atoms with Gasteiger partial charge in [-0.05, 0) is 31.5 Å². The number of anilines is 1. The third kappa shape index (κ3) is 4.40. The van der Waals surface area contributed by atoms with Gasteiger partial charge in [0.2, 0.25) is 0 Å². The summed E-state index contributed by atoms with van der Waals surface area (Å²) in [7, 11) is 1.51. The van der Waals surface area contributed by atoms with Crippen molar-refractivity contribution in [2.45, 2.75) is 13.8 Å². The highest BCUT2D eigenvalue weighted by Crippen LogP contribution is 2.35. The van der Waals surface area contributed by atoms with Crippen molar-refractivity contribution >= 4 is 45.0 Å². The number of hydrogen-bond acceptors (Lipinski definition) is 6. The largest absolute Gasteiger partial charge is 0.462 e. The number of carbonyl (C=O) groups is 3. The molecule has 2 aromatic carbocycles. The van der Waals surface area contributed by atoms with Gasteiger partial charge in [-0.3, -0.25) is 9.59 Å². The van der Waals surface area contributed by atoms with E-state index in [-0.39, 0.29) is 23.1 Å². The van der Waals surface area contributed by atoms with Crippen molar-refractivity contribution in [2.75, 3.05) is 19.0 Å². The van der Waals surface area contributed by atoms with Crippen LogP contribution in [-0.2, 0) is 4.74 Å². The van der Waals surface area contributed by atoms with Crippen LogP contribution in [0.5, 0.6) is 0 Å². The number of nitrogens with zero attached hydrogens (tertiary/aromatic N) is 1. The predicted octanol–water partition coefficient (Wildman–Crippen LogP) is 5.06. The molecule has 4 aromatic rings. The van der Waals surface area contributed by atoms with Crippen LogP contribution in [0, 0.1) is 6.92 Å². The van der Waals surface area contributed by atoms with Gasteiger partial charge in [0.15, 0.2) is 0 Å². The van der Waals surface area contributed by atoms with Crippen LogP contribution in [0.25, 0.3) is 22.2 Å². The third-order valence-electron chi connectivity index (χ3n) is 5.32. The summed E-state index contributed by atoms with van der Waals surface area (Å²) in [5, 5.41) is 6.36.